The van der Waals surface area contributed by atoms with Crippen molar-refractivity contribution in [3.63, 3.8) is 0 Å². The smallest absolute Gasteiger partial charge is 0.307 e. The lowest BCUT2D eigenvalue weighted by molar-refractivity contribution is -0.136. The number of aliphatic carboxylic acids is 1. The number of ether oxygens (including phenoxy) is 1. The Morgan fingerprint density at radius 1 is 1.30 bits per heavy atom. The van der Waals surface area contributed by atoms with E-state index in [0.717, 1.165) is 61.7 Å². The minimum atomic E-state index is -0.824. The molecular weight excluding hydrogens is 256 g/mol. The van der Waals surface area contributed by atoms with Crippen molar-refractivity contribution >= 4 is 5.97 Å². The molecule has 1 saturated heterocycles. The molecule has 1 fully saturated rings. The minimum absolute atomic E-state index is 0.0131. The van der Waals surface area contributed by atoms with E-state index in [4.69, 9.17) is 9.84 Å². The number of hydrogen-bond acceptors (Lipinski definition) is 4. The topological polar surface area (TPSA) is 72.3 Å². The summed E-state index contributed by atoms with van der Waals surface area (Å²) in [5, 5.41) is 9.03. The van der Waals surface area contributed by atoms with Gasteiger partial charge in [0, 0.05) is 36.6 Å². The molecule has 0 amide bonds. The summed E-state index contributed by atoms with van der Waals surface area (Å²) in [6.07, 6.45) is 3.38. The Bertz CT molecular complexity index is 457. The van der Waals surface area contributed by atoms with Gasteiger partial charge in [0.2, 0.25) is 0 Å². The van der Waals surface area contributed by atoms with Crippen LogP contribution in [0.15, 0.2) is 0 Å². The van der Waals surface area contributed by atoms with Gasteiger partial charge in [-0.05, 0) is 25.2 Å². The molecule has 0 aliphatic carbocycles. The Morgan fingerprint density at radius 3 is 2.40 bits per heavy atom. The number of rotatable bonds is 6. The maximum absolute atomic E-state index is 11.0. The Labute approximate surface area is 119 Å². The van der Waals surface area contributed by atoms with Gasteiger partial charge in [0.25, 0.3) is 0 Å². The maximum Gasteiger partial charge on any atom is 0.307 e. The molecule has 0 saturated carbocycles. The highest BCUT2D eigenvalue weighted by molar-refractivity contribution is 5.71. The number of carboxylic acid groups (broad SMARTS) is 1. The van der Waals surface area contributed by atoms with E-state index in [1.165, 1.54) is 0 Å². The molecule has 1 aromatic heterocycles. The van der Waals surface area contributed by atoms with Crippen LogP contribution in [-0.4, -0.2) is 34.3 Å². The van der Waals surface area contributed by atoms with Crippen molar-refractivity contribution in [2.45, 2.75) is 46.0 Å². The monoisotopic (exact) mass is 278 g/mol. The van der Waals surface area contributed by atoms with Gasteiger partial charge in [0.15, 0.2) is 0 Å². The molecule has 0 radical (unpaired) electrons. The van der Waals surface area contributed by atoms with Crippen molar-refractivity contribution in [2.75, 3.05) is 13.2 Å². The molecule has 1 unspecified atom stereocenters. The lowest BCUT2D eigenvalue weighted by Crippen LogP contribution is -2.15. The van der Waals surface area contributed by atoms with Gasteiger partial charge in [-0.3, -0.25) is 4.79 Å². The standard InChI is InChI=1S/C15H22N2O3/c1-3-12-11(8-15(18)19)13(4-2)17-14(16-12)7-10-5-6-20-9-10/h10H,3-9H2,1-2H3,(H,18,19). The van der Waals surface area contributed by atoms with Crippen LogP contribution in [0, 0.1) is 5.92 Å². The van der Waals surface area contributed by atoms with Gasteiger partial charge in [-0.15, -0.1) is 0 Å². The fourth-order valence-corrected chi connectivity index (χ4v) is 2.67. The molecule has 1 aromatic rings. The first-order chi connectivity index (χ1) is 9.63. The number of aryl methyl sites for hydroxylation is 2. The fourth-order valence-electron chi connectivity index (χ4n) is 2.67. The third kappa shape index (κ3) is 3.54. The zero-order valence-electron chi connectivity index (χ0n) is 12.2. The summed E-state index contributed by atoms with van der Waals surface area (Å²) in [5.74, 6) is 0.507. The van der Waals surface area contributed by atoms with Gasteiger partial charge in [-0.2, -0.15) is 0 Å². The number of aromatic nitrogens is 2. The zero-order chi connectivity index (χ0) is 14.5. The number of carbonyl (C=O) groups is 1. The van der Waals surface area contributed by atoms with Gasteiger partial charge in [0.1, 0.15) is 5.82 Å². The van der Waals surface area contributed by atoms with Gasteiger partial charge >= 0.3 is 5.97 Å². The third-order valence-corrected chi connectivity index (χ3v) is 3.72. The van der Waals surface area contributed by atoms with E-state index in [0.29, 0.717) is 5.92 Å². The molecule has 5 heteroatoms. The second kappa shape index (κ2) is 6.79. The molecule has 1 aliphatic heterocycles. The Morgan fingerprint density at radius 2 is 1.95 bits per heavy atom. The van der Waals surface area contributed by atoms with E-state index in [1.54, 1.807) is 0 Å². The van der Waals surface area contributed by atoms with E-state index in [9.17, 15) is 4.79 Å². The predicted molar refractivity (Wildman–Crippen MR) is 74.8 cm³/mol. The largest absolute Gasteiger partial charge is 0.481 e. The zero-order valence-corrected chi connectivity index (χ0v) is 12.2. The van der Waals surface area contributed by atoms with Crippen LogP contribution in [-0.2, 0) is 35.2 Å². The van der Waals surface area contributed by atoms with Crippen molar-refractivity contribution in [2.24, 2.45) is 5.92 Å². The molecule has 0 spiro atoms. The minimum Gasteiger partial charge on any atom is -0.481 e. The first-order valence-electron chi connectivity index (χ1n) is 7.31. The van der Waals surface area contributed by atoms with Crippen LogP contribution in [0.25, 0.3) is 0 Å². The average Bonchev–Trinajstić information content (AvgIpc) is 2.92. The van der Waals surface area contributed by atoms with E-state index in [1.807, 2.05) is 13.8 Å². The van der Waals surface area contributed by atoms with Crippen molar-refractivity contribution in [1.82, 2.24) is 9.97 Å². The molecule has 1 atom stereocenters. The van der Waals surface area contributed by atoms with Crippen LogP contribution in [0.3, 0.4) is 0 Å². The summed E-state index contributed by atoms with van der Waals surface area (Å²) >= 11 is 0. The summed E-state index contributed by atoms with van der Waals surface area (Å²) in [4.78, 5) is 20.2. The fraction of sp³-hybridized carbons (Fsp3) is 0.667. The molecule has 2 heterocycles. The van der Waals surface area contributed by atoms with Crippen molar-refractivity contribution in [1.29, 1.82) is 0 Å². The molecule has 1 aliphatic rings. The number of nitrogens with zero attached hydrogens (tertiary/aromatic N) is 2. The molecule has 1 N–H and O–H groups in total. The summed E-state index contributed by atoms with van der Waals surface area (Å²) in [6.45, 7) is 5.62. The first-order valence-corrected chi connectivity index (χ1v) is 7.31. The van der Waals surface area contributed by atoms with Gasteiger partial charge in [-0.1, -0.05) is 13.8 Å². The first kappa shape index (κ1) is 14.9. The molecule has 20 heavy (non-hydrogen) atoms. The lowest BCUT2D eigenvalue weighted by atomic mass is 10.0. The highest BCUT2D eigenvalue weighted by Gasteiger charge is 2.20. The van der Waals surface area contributed by atoms with Gasteiger partial charge in [-0.25, -0.2) is 9.97 Å². The van der Waals surface area contributed by atoms with Crippen LogP contribution < -0.4 is 0 Å². The highest BCUT2D eigenvalue weighted by Crippen LogP contribution is 2.20. The van der Waals surface area contributed by atoms with E-state index in [2.05, 4.69) is 9.97 Å². The molecular formula is C15H22N2O3. The second-order valence-corrected chi connectivity index (χ2v) is 5.22. The average molecular weight is 278 g/mol. The normalized spacial score (nSPS) is 18.4. The van der Waals surface area contributed by atoms with Crippen LogP contribution in [0.5, 0.6) is 0 Å². The third-order valence-electron chi connectivity index (χ3n) is 3.72. The molecule has 0 bridgehead atoms. The highest BCUT2D eigenvalue weighted by atomic mass is 16.5. The molecule has 5 nitrogen and oxygen atoms in total. The summed E-state index contributed by atoms with van der Waals surface area (Å²) in [5.41, 5.74) is 2.57. The van der Waals surface area contributed by atoms with E-state index < -0.39 is 5.97 Å². The van der Waals surface area contributed by atoms with Gasteiger partial charge < -0.3 is 9.84 Å². The van der Waals surface area contributed by atoms with Crippen molar-refractivity contribution < 1.29 is 14.6 Å². The Balaban J connectivity index is 2.27. The summed E-state index contributed by atoms with van der Waals surface area (Å²) in [7, 11) is 0. The van der Waals surface area contributed by atoms with Crippen molar-refractivity contribution in [3.8, 4) is 0 Å². The quantitative estimate of drug-likeness (QED) is 0.859. The molecule has 2 rings (SSSR count). The number of carboxylic acids is 1. The van der Waals surface area contributed by atoms with Crippen LogP contribution in [0.4, 0.5) is 0 Å². The van der Waals surface area contributed by atoms with E-state index in [-0.39, 0.29) is 6.42 Å². The lowest BCUT2D eigenvalue weighted by Gasteiger charge is -2.14. The van der Waals surface area contributed by atoms with E-state index >= 15 is 0 Å². The van der Waals surface area contributed by atoms with Crippen molar-refractivity contribution in [3.05, 3.63) is 22.8 Å². The van der Waals surface area contributed by atoms with Gasteiger partial charge in [0.05, 0.1) is 6.42 Å². The molecule has 110 valence electrons. The summed E-state index contributed by atoms with van der Waals surface area (Å²) < 4.78 is 5.39. The molecule has 0 aromatic carbocycles. The Hall–Kier alpha value is -1.49. The van der Waals surface area contributed by atoms with Crippen LogP contribution in [0.1, 0.15) is 43.0 Å². The Kier molecular flexibility index (Phi) is 5.06. The predicted octanol–water partition coefficient (Wildman–Crippen LogP) is 1.81. The maximum atomic E-state index is 11.0. The van der Waals surface area contributed by atoms with Crippen LogP contribution in [0.2, 0.25) is 0 Å². The number of hydrogen-bond donors (Lipinski definition) is 1. The van der Waals surface area contributed by atoms with Crippen LogP contribution >= 0.6 is 0 Å². The summed E-state index contributed by atoms with van der Waals surface area (Å²) in [6, 6.07) is 0. The SMILES string of the molecule is CCc1nc(CC2CCOC2)nc(CC)c1CC(=O)O. The second-order valence-electron chi connectivity index (χ2n) is 5.22.